The van der Waals surface area contributed by atoms with Crippen LogP contribution in [0.4, 0.5) is 5.69 Å². The van der Waals surface area contributed by atoms with E-state index in [9.17, 15) is 13.8 Å². The fourth-order valence-corrected chi connectivity index (χ4v) is 10.9. The van der Waals surface area contributed by atoms with E-state index < -0.39 is 21.7 Å². The van der Waals surface area contributed by atoms with Crippen LogP contribution in [0.2, 0.25) is 5.02 Å². The molecule has 11 nitrogen and oxygen atoms in total. The predicted octanol–water partition coefficient (Wildman–Crippen LogP) is 5.91. The molecular formula is C40H52ClN3O8S. The van der Waals surface area contributed by atoms with Crippen molar-refractivity contribution >= 4 is 39.0 Å². The number of aryl methyl sites for hydroxylation is 1. The summed E-state index contributed by atoms with van der Waals surface area (Å²) in [6.45, 7) is 3.08. The van der Waals surface area contributed by atoms with Gasteiger partial charge < -0.3 is 28.6 Å². The lowest BCUT2D eigenvalue weighted by atomic mass is 9.68. The van der Waals surface area contributed by atoms with Crippen LogP contribution in [0.3, 0.4) is 0 Å². The van der Waals surface area contributed by atoms with Gasteiger partial charge in [-0.2, -0.15) is 0 Å². The lowest BCUT2D eigenvalue weighted by Gasteiger charge is -2.46. The molecule has 2 aromatic carbocycles. The summed E-state index contributed by atoms with van der Waals surface area (Å²) < 4.78 is 51.0. The van der Waals surface area contributed by atoms with Crippen LogP contribution in [0.15, 0.2) is 52.9 Å². The molecule has 53 heavy (non-hydrogen) atoms. The van der Waals surface area contributed by atoms with Crippen molar-refractivity contribution in [3.63, 3.8) is 0 Å². The van der Waals surface area contributed by atoms with Gasteiger partial charge in [0.2, 0.25) is 0 Å². The van der Waals surface area contributed by atoms with Gasteiger partial charge >= 0.3 is 0 Å². The van der Waals surface area contributed by atoms with Crippen molar-refractivity contribution in [3.8, 4) is 5.75 Å². The summed E-state index contributed by atoms with van der Waals surface area (Å²) >= 11 is 6.46. The van der Waals surface area contributed by atoms with Crippen LogP contribution in [0.25, 0.3) is 0 Å². The highest BCUT2D eigenvalue weighted by atomic mass is 35.5. The minimum absolute atomic E-state index is 0.0737. The van der Waals surface area contributed by atoms with Crippen LogP contribution >= 0.6 is 11.6 Å². The molecule has 2 fully saturated rings. The van der Waals surface area contributed by atoms with Crippen molar-refractivity contribution in [1.29, 1.82) is 0 Å². The van der Waals surface area contributed by atoms with Gasteiger partial charge in [-0.3, -0.25) is 14.3 Å². The largest absolute Gasteiger partial charge is 0.490 e. The zero-order valence-corrected chi connectivity index (χ0v) is 32.3. The fraction of sp³-hybridized carbons (Fsp3) is 0.600. The minimum Gasteiger partial charge on any atom is -0.490 e. The van der Waals surface area contributed by atoms with Crippen molar-refractivity contribution in [2.24, 2.45) is 22.1 Å². The second-order valence-corrected chi connectivity index (χ2v) is 17.8. The lowest BCUT2D eigenvalue weighted by molar-refractivity contribution is -0.128. The third kappa shape index (κ3) is 8.79. The Morgan fingerprint density at radius 3 is 2.75 bits per heavy atom. The van der Waals surface area contributed by atoms with Gasteiger partial charge in [0, 0.05) is 56.5 Å². The number of amides is 2. The number of hydrogen-bond acceptors (Lipinski definition) is 9. The highest BCUT2D eigenvalue weighted by Crippen LogP contribution is 2.47. The van der Waals surface area contributed by atoms with Crippen LogP contribution in [-0.2, 0) is 45.5 Å². The van der Waals surface area contributed by atoms with E-state index in [0.29, 0.717) is 63.2 Å². The number of ether oxygens (including phenoxy) is 5. The van der Waals surface area contributed by atoms with Crippen LogP contribution in [0.1, 0.15) is 66.4 Å². The summed E-state index contributed by atoms with van der Waals surface area (Å²) in [6, 6.07) is 11.5. The maximum atomic E-state index is 14.6. The van der Waals surface area contributed by atoms with Crippen molar-refractivity contribution in [2.45, 2.75) is 69.0 Å². The topological polar surface area (TPSA) is 125 Å². The highest BCUT2D eigenvalue weighted by Gasteiger charge is 2.44. The molecule has 2 aliphatic carbocycles. The number of fused-ring (bicyclic) bond motifs is 4. The molecule has 6 atom stereocenters. The Hall–Kier alpha value is -3.00. The lowest BCUT2D eigenvalue weighted by Crippen LogP contribution is -2.49. The maximum Gasteiger partial charge on any atom is 0.286 e. The van der Waals surface area contributed by atoms with Crippen molar-refractivity contribution in [3.05, 3.63) is 70.3 Å². The van der Waals surface area contributed by atoms with Crippen LogP contribution in [-0.4, -0.2) is 94.3 Å². The molecular weight excluding hydrogens is 718 g/mol. The number of methoxy groups -OCH3 is 2. The number of nitrogens with zero attached hydrogens (tertiary/aromatic N) is 2. The molecule has 1 saturated heterocycles. The molecule has 1 saturated carbocycles. The standard InChI is InChI=1S/C40H52ClN3O8S/c1-48-22-27-5-3-7-36(49-2)33-11-8-30(33)21-44-25-40(16-4-6-28-19-31(41)10-12-34(28)40)26-52-37-13-9-29(20-35(37)44)39(46)43-53(47,24-27)42-38(45)23-51-32-14-17-50-18-15-32/h3,7,9-10,12-13,19-20,27,30,32-33,36H,4-6,8,11,14-18,21-26H2,1-2H3,(H,42,43,45,46,47)/b7-3-/t27-,30-,33+,36+,40-,53?/m0/s1. The van der Waals surface area contributed by atoms with Gasteiger partial charge in [-0.05, 0) is 111 Å². The molecule has 0 radical (unpaired) electrons. The average Bonchev–Trinajstić information content (AvgIpc) is 3.28. The first-order chi connectivity index (χ1) is 25.7. The number of allylic oxidation sites excluding steroid dienone is 1. The zero-order valence-electron chi connectivity index (χ0n) is 30.8. The summed E-state index contributed by atoms with van der Waals surface area (Å²) in [5, 5.41) is 0.736. The van der Waals surface area contributed by atoms with Crippen LogP contribution in [0.5, 0.6) is 5.75 Å². The second kappa shape index (κ2) is 16.8. The summed E-state index contributed by atoms with van der Waals surface area (Å²) in [5.41, 5.74) is 3.34. The molecule has 5 aliphatic rings. The SMILES string of the molecule is COC[C@@H]1C/C=C\[C@@H](OC)[C@@H]2CC[C@H]2CN2C[C@@]3(CCCc4cc(Cl)ccc43)COc3ccc(cc32)C(=O)N=S(=O)(NC(=O)COC2CCOCC2)C1. The van der Waals surface area contributed by atoms with E-state index in [1.165, 1.54) is 11.1 Å². The second-order valence-electron chi connectivity index (χ2n) is 15.3. The maximum absolute atomic E-state index is 14.6. The summed E-state index contributed by atoms with van der Waals surface area (Å²) in [5.74, 6) is -0.250. The molecule has 3 aliphatic heterocycles. The van der Waals surface area contributed by atoms with E-state index in [1.807, 2.05) is 18.2 Å². The van der Waals surface area contributed by atoms with Crippen LogP contribution < -0.4 is 14.4 Å². The number of carbonyl (C=O) groups is 2. The molecule has 3 heterocycles. The first kappa shape index (κ1) is 38.3. The molecule has 2 aromatic rings. The van der Waals surface area contributed by atoms with Gasteiger partial charge in [0.25, 0.3) is 11.8 Å². The van der Waals surface area contributed by atoms with Crippen molar-refractivity contribution < 1.29 is 37.5 Å². The first-order valence-electron chi connectivity index (χ1n) is 19.0. The predicted molar refractivity (Wildman–Crippen MR) is 204 cm³/mol. The average molecular weight is 770 g/mol. The fourth-order valence-electron chi connectivity index (χ4n) is 8.86. The van der Waals surface area contributed by atoms with E-state index in [0.717, 1.165) is 49.4 Å². The molecule has 2 amide bonds. The van der Waals surface area contributed by atoms with Crippen LogP contribution in [0, 0.1) is 17.8 Å². The Kier molecular flexibility index (Phi) is 12.1. The van der Waals surface area contributed by atoms with E-state index in [2.05, 4.69) is 38.3 Å². The first-order valence-corrected chi connectivity index (χ1v) is 21.0. The molecule has 2 bridgehead atoms. The monoisotopic (exact) mass is 769 g/mol. The van der Waals surface area contributed by atoms with E-state index in [4.69, 9.17) is 35.3 Å². The Labute approximate surface area is 318 Å². The smallest absolute Gasteiger partial charge is 0.286 e. The molecule has 288 valence electrons. The van der Waals surface area contributed by atoms with E-state index in [-0.39, 0.29) is 48.1 Å². The number of halogens is 1. The van der Waals surface area contributed by atoms with E-state index in [1.54, 1.807) is 20.3 Å². The molecule has 0 aromatic heterocycles. The zero-order chi connectivity index (χ0) is 37.0. The summed E-state index contributed by atoms with van der Waals surface area (Å²) in [4.78, 5) is 29.7. The Morgan fingerprint density at radius 2 is 1.98 bits per heavy atom. The molecule has 13 heteroatoms. The molecule has 1 N–H and O–H groups in total. The van der Waals surface area contributed by atoms with Gasteiger partial charge in [0.1, 0.15) is 22.3 Å². The summed E-state index contributed by atoms with van der Waals surface area (Å²) in [7, 11) is -0.260. The van der Waals surface area contributed by atoms with Gasteiger partial charge in [-0.25, -0.2) is 4.21 Å². The van der Waals surface area contributed by atoms with Crippen molar-refractivity contribution in [2.75, 3.05) is 71.0 Å². The van der Waals surface area contributed by atoms with Gasteiger partial charge in [0.05, 0.1) is 36.9 Å². The van der Waals surface area contributed by atoms with Gasteiger partial charge in [-0.1, -0.05) is 29.8 Å². The minimum atomic E-state index is -3.60. The van der Waals surface area contributed by atoms with E-state index >= 15 is 0 Å². The highest BCUT2D eigenvalue weighted by molar-refractivity contribution is 7.92. The summed E-state index contributed by atoms with van der Waals surface area (Å²) in [6.07, 6.45) is 10.9. The third-order valence-electron chi connectivity index (χ3n) is 11.7. The Balaban J connectivity index is 1.26. The number of nitrogens with one attached hydrogen (secondary N) is 1. The molecule has 1 spiro atoms. The van der Waals surface area contributed by atoms with Gasteiger partial charge in [-0.15, -0.1) is 4.36 Å². The number of rotatable bonds is 7. The molecule has 1 unspecified atom stereocenters. The Morgan fingerprint density at radius 1 is 1.13 bits per heavy atom. The normalized spacial score (nSPS) is 31.2. The van der Waals surface area contributed by atoms with Gasteiger partial charge in [0.15, 0.2) is 0 Å². The number of benzene rings is 2. The Bertz CT molecular complexity index is 1810. The number of hydrogen-bond donors (Lipinski definition) is 1. The quantitative estimate of drug-likeness (QED) is 0.343. The molecule has 7 rings (SSSR count). The third-order valence-corrected chi connectivity index (χ3v) is 13.9. The van der Waals surface area contributed by atoms with Crippen molar-refractivity contribution in [1.82, 2.24) is 4.72 Å². The number of anilines is 1. The number of carbonyl (C=O) groups excluding carboxylic acids is 2.